The van der Waals surface area contributed by atoms with Crippen LogP contribution in [0.1, 0.15) is 42.7 Å². The van der Waals surface area contributed by atoms with Gasteiger partial charge in [0.2, 0.25) is 0 Å². The molecular weight excluding hydrogens is 671 g/mol. The Balaban J connectivity index is 1.11. The summed E-state index contributed by atoms with van der Waals surface area (Å²) in [4.78, 5) is 59.1. The van der Waals surface area contributed by atoms with E-state index in [1.165, 1.54) is 38.0 Å². The quantitative estimate of drug-likeness (QED) is 0.235. The highest BCUT2D eigenvalue weighted by atomic mass is 32.1. The van der Waals surface area contributed by atoms with Crippen molar-refractivity contribution >= 4 is 44.7 Å². The van der Waals surface area contributed by atoms with Crippen LogP contribution in [-0.2, 0) is 40.8 Å². The Bertz CT molecular complexity index is 2250. The van der Waals surface area contributed by atoms with Crippen molar-refractivity contribution < 1.29 is 14.3 Å². The van der Waals surface area contributed by atoms with E-state index in [0.29, 0.717) is 33.2 Å². The summed E-state index contributed by atoms with van der Waals surface area (Å²) in [6, 6.07) is 4.26. The molecule has 5 aromatic heterocycles. The first kappa shape index (κ1) is 33.2. The molecule has 0 amide bonds. The number of carbonyl (C=O) groups is 1. The highest BCUT2D eigenvalue weighted by Crippen LogP contribution is 2.35. The van der Waals surface area contributed by atoms with E-state index < -0.39 is 5.97 Å². The maximum atomic E-state index is 13.9. The van der Waals surface area contributed by atoms with Crippen molar-refractivity contribution in [3.05, 3.63) is 79.8 Å². The average Bonchev–Trinajstić information content (AvgIpc) is 3.49. The van der Waals surface area contributed by atoms with Crippen LogP contribution in [0.3, 0.4) is 0 Å². The van der Waals surface area contributed by atoms with Crippen molar-refractivity contribution in [2.45, 2.75) is 58.2 Å². The second kappa shape index (κ2) is 13.6. The van der Waals surface area contributed by atoms with Gasteiger partial charge < -0.3 is 24.3 Å². The number of hydrogen-bond acceptors (Lipinski definition) is 13. The number of aryl methyl sites for hydroxylation is 3. The number of piperazine rings is 1. The Morgan fingerprint density at radius 1 is 1.08 bits per heavy atom. The lowest BCUT2D eigenvalue weighted by Crippen LogP contribution is -2.59. The van der Waals surface area contributed by atoms with Crippen LogP contribution in [0.4, 0.5) is 17.3 Å². The third-order valence-electron chi connectivity index (χ3n) is 10.0. The third kappa shape index (κ3) is 6.29. The standard InChI is InChI=1S/C36H39N9O5S/c1-21-16-43(24-18-49-19-24)10-11-44(21)32-15-38-31(14-39-32)41-29-12-23(17-42(3)35(29)47)25-8-9-37-34(28(25)20-50-22(2)46)45-36(48)33-27(13-40-45)26-6-4-5-7-30(26)51-33/h8-9,12-15,17,21,24H,4-7,10-11,16,18-20H2,1-3H3,(H,38,41)/t21-/m0/s1. The zero-order valence-electron chi connectivity index (χ0n) is 28.8. The van der Waals surface area contributed by atoms with Crippen LogP contribution in [-0.4, -0.2) is 85.1 Å². The lowest BCUT2D eigenvalue weighted by atomic mass is 9.97. The van der Waals surface area contributed by atoms with Gasteiger partial charge in [0.25, 0.3) is 11.1 Å². The lowest BCUT2D eigenvalue weighted by Gasteiger charge is -2.46. The molecule has 1 atom stereocenters. The molecule has 5 aromatic rings. The predicted molar refractivity (Wildman–Crippen MR) is 194 cm³/mol. The molecule has 0 bridgehead atoms. The lowest BCUT2D eigenvalue weighted by molar-refractivity contribution is -0.142. The number of esters is 1. The molecule has 2 aliphatic heterocycles. The van der Waals surface area contributed by atoms with Crippen LogP contribution < -0.4 is 21.3 Å². The number of carbonyl (C=O) groups excluding carboxylic acids is 1. The monoisotopic (exact) mass is 709 g/mol. The third-order valence-corrected chi connectivity index (χ3v) is 11.3. The minimum absolute atomic E-state index is 0.152. The number of pyridine rings is 2. The fraction of sp³-hybridized carbons (Fsp3) is 0.417. The van der Waals surface area contributed by atoms with Crippen LogP contribution in [0.5, 0.6) is 0 Å². The SMILES string of the molecule is CC(=O)OCc1c(-c2cc(Nc3cnc(N4CCN(C5COC5)C[C@@H]4C)cn3)c(=O)n(C)c2)ccnc1-n1ncc2c3c(sc2c1=O)CCCC3. The molecule has 0 radical (unpaired) electrons. The zero-order chi connectivity index (χ0) is 35.2. The summed E-state index contributed by atoms with van der Waals surface area (Å²) in [6.45, 7) is 7.68. The maximum Gasteiger partial charge on any atom is 0.302 e. The van der Waals surface area contributed by atoms with Crippen molar-refractivity contribution in [2.75, 3.05) is 43.1 Å². The van der Waals surface area contributed by atoms with E-state index in [1.54, 1.807) is 50.2 Å². The van der Waals surface area contributed by atoms with E-state index in [-0.39, 0.29) is 35.3 Å². The van der Waals surface area contributed by atoms with E-state index in [4.69, 9.17) is 14.5 Å². The van der Waals surface area contributed by atoms with Crippen LogP contribution >= 0.6 is 11.3 Å². The van der Waals surface area contributed by atoms with Gasteiger partial charge in [-0.05, 0) is 55.9 Å². The van der Waals surface area contributed by atoms with Crippen molar-refractivity contribution in [1.29, 1.82) is 0 Å². The van der Waals surface area contributed by atoms with Gasteiger partial charge in [-0.15, -0.1) is 11.3 Å². The first-order valence-electron chi connectivity index (χ1n) is 17.3. The minimum atomic E-state index is -0.480. The van der Waals surface area contributed by atoms with Gasteiger partial charge in [-0.2, -0.15) is 9.78 Å². The van der Waals surface area contributed by atoms with Crippen LogP contribution in [0.2, 0.25) is 0 Å². The minimum Gasteiger partial charge on any atom is -0.461 e. The molecule has 8 rings (SSSR count). The number of nitrogens with one attached hydrogen (secondary N) is 1. The molecule has 14 nitrogen and oxygen atoms in total. The molecule has 0 saturated carbocycles. The molecule has 7 heterocycles. The number of nitrogens with zero attached hydrogens (tertiary/aromatic N) is 8. The Morgan fingerprint density at radius 2 is 1.92 bits per heavy atom. The Labute approximate surface area is 297 Å². The summed E-state index contributed by atoms with van der Waals surface area (Å²) in [7, 11) is 1.66. The molecule has 0 aromatic carbocycles. The number of aromatic nitrogens is 6. The van der Waals surface area contributed by atoms with Gasteiger partial charge in [0.15, 0.2) is 5.82 Å². The van der Waals surface area contributed by atoms with Crippen LogP contribution in [0.15, 0.2) is 52.7 Å². The maximum absolute atomic E-state index is 13.9. The zero-order valence-corrected chi connectivity index (χ0v) is 29.6. The Morgan fingerprint density at radius 3 is 2.67 bits per heavy atom. The summed E-state index contributed by atoms with van der Waals surface area (Å²) in [5.74, 6) is 0.979. The molecule has 264 valence electrons. The van der Waals surface area contributed by atoms with Gasteiger partial charge in [0.05, 0.1) is 37.8 Å². The fourth-order valence-corrected chi connectivity index (χ4v) is 8.55. The van der Waals surface area contributed by atoms with E-state index in [0.717, 1.165) is 69.7 Å². The van der Waals surface area contributed by atoms with Crippen molar-refractivity contribution in [3.8, 4) is 16.9 Å². The number of anilines is 3. The fourth-order valence-electron chi connectivity index (χ4n) is 7.26. The van der Waals surface area contributed by atoms with Crippen molar-refractivity contribution in [3.63, 3.8) is 0 Å². The van der Waals surface area contributed by atoms with Gasteiger partial charge >= 0.3 is 5.97 Å². The van der Waals surface area contributed by atoms with E-state index in [9.17, 15) is 14.4 Å². The van der Waals surface area contributed by atoms with Crippen LogP contribution in [0.25, 0.3) is 27.0 Å². The first-order chi connectivity index (χ1) is 24.7. The number of fused-ring (bicyclic) bond motifs is 3. The number of hydrogen-bond donors (Lipinski definition) is 1. The summed E-state index contributed by atoms with van der Waals surface area (Å²) >= 11 is 1.53. The van der Waals surface area contributed by atoms with Gasteiger partial charge in [0.1, 0.15) is 28.6 Å². The summed E-state index contributed by atoms with van der Waals surface area (Å²) in [5.41, 5.74) is 2.71. The van der Waals surface area contributed by atoms with Gasteiger partial charge in [-0.25, -0.2) is 15.0 Å². The van der Waals surface area contributed by atoms with E-state index in [2.05, 4.69) is 37.1 Å². The average molecular weight is 710 g/mol. The molecule has 51 heavy (non-hydrogen) atoms. The van der Waals surface area contributed by atoms with Gasteiger partial charge in [0, 0.05) is 73.4 Å². The molecule has 0 spiro atoms. The van der Waals surface area contributed by atoms with Crippen LogP contribution in [0, 0.1) is 0 Å². The molecule has 1 aliphatic carbocycles. The van der Waals surface area contributed by atoms with E-state index in [1.807, 2.05) is 0 Å². The Kier molecular flexibility index (Phi) is 8.86. The summed E-state index contributed by atoms with van der Waals surface area (Å²) in [6.07, 6.45) is 12.5. The smallest absolute Gasteiger partial charge is 0.302 e. The summed E-state index contributed by atoms with van der Waals surface area (Å²) < 4.78 is 14.3. The van der Waals surface area contributed by atoms with Crippen molar-refractivity contribution in [1.82, 2.24) is 34.2 Å². The number of ether oxygens (including phenoxy) is 2. The van der Waals surface area contributed by atoms with Gasteiger partial charge in [-0.3, -0.25) is 19.3 Å². The predicted octanol–water partition coefficient (Wildman–Crippen LogP) is 3.59. The summed E-state index contributed by atoms with van der Waals surface area (Å²) in [5, 5.41) is 8.62. The topological polar surface area (TPSA) is 150 Å². The highest BCUT2D eigenvalue weighted by molar-refractivity contribution is 7.19. The second-order valence-corrected chi connectivity index (χ2v) is 14.5. The Hall–Kier alpha value is -4.99. The number of thiophene rings is 1. The molecule has 2 saturated heterocycles. The number of rotatable bonds is 8. The van der Waals surface area contributed by atoms with Crippen molar-refractivity contribution in [2.24, 2.45) is 7.05 Å². The first-order valence-corrected chi connectivity index (χ1v) is 18.1. The normalized spacial score (nSPS) is 18.0. The largest absolute Gasteiger partial charge is 0.461 e. The molecule has 3 aliphatic rings. The molecule has 2 fully saturated rings. The molecule has 15 heteroatoms. The molecule has 0 unspecified atom stereocenters. The second-order valence-electron chi connectivity index (χ2n) is 13.4. The van der Waals surface area contributed by atoms with Gasteiger partial charge in [-0.1, -0.05) is 0 Å². The van der Waals surface area contributed by atoms with E-state index >= 15 is 0 Å². The highest BCUT2D eigenvalue weighted by Gasteiger charge is 2.32. The molecule has 1 N–H and O–H groups in total. The molecular formula is C36H39N9O5S.